The van der Waals surface area contributed by atoms with Crippen LogP contribution in [0.25, 0.3) is 0 Å². The van der Waals surface area contributed by atoms with E-state index in [9.17, 15) is 13.5 Å². The summed E-state index contributed by atoms with van der Waals surface area (Å²) in [6.45, 7) is 0.215. The third-order valence-electron chi connectivity index (χ3n) is 3.36. The molecule has 0 saturated heterocycles. The second kappa shape index (κ2) is 5.97. The molecule has 1 aromatic rings. The van der Waals surface area contributed by atoms with E-state index in [-0.39, 0.29) is 27.4 Å². The zero-order chi connectivity index (χ0) is 14.0. The molecular formula is C12H15Cl2NO3S. The van der Waals surface area contributed by atoms with Crippen LogP contribution in [0.3, 0.4) is 0 Å². The topological polar surface area (TPSA) is 66.4 Å². The molecule has 0 amide bonds. The average molecular weight is 324 g/mol. The van der Waals surface area contributed by atoms with E-state index < -0.39 is 16.1 Å². The van der Waals surface area contributed by atoms with Crippen molar-refractivity contribution in [3.63, 3.8) is 0 Å². The summed E-state index contributed by atoms with van der Waals surface area (Å²) in [6, 6.07) is 4.47. The molecule has 0 aliphatic heterocycles. The predicted molar refractivity (Wildman–Crippen MR) is 75.0 cm³/mol. The fraction of sp³-hybridized carbons (Fsp3) is 0.500. The van der Waals surface area contributed by atoms with Crippen molar-refractivity contribution in [1.29, 1.82) is 0 Å². The summed E-state index contributed by atoms with van der Waals surface area (Å²) in [6.07, 6.45) is 2.04. The highest BCUT2D eigenvalue weighted by Crippen LogP contribution is 2.29. The van der Waals surface area contributed by atoms with Gasteiger partial charge in [-0.3, -0.25) is 0 Å². The van der Waals surface area contributed by atoms with Crippen LogP contribution in [0.1, 0.15) is 19.3 Å². The van der Waals surface area contributed by atoms with Gasteiger partial charge >= 0.3 is 0 Å². The minimum Gasteiger partial charge on any atom is -0.393 e. The summed E-state index contributed by atoms with van der Waals surface area (Å²) >= 11 is 11.7. The Labute approximate surface area is 122 Å². The second-order valence-electron chi connectivity index (χ2n) is 4.66. The summed E-state index contributed by atoms with van der Waals surface area (Å²) in [7, 11) is -3.70. The summed E-state index contributed by atoms with van der Waals surface area (Å²) in [4.78, 5) is -0.0332. The number of halogens is 2. The number of benzene rings is 1. The van der Waals surface area contributed by atoms with Gasteiger partial charge in [-0.2, -0.15) is 0 Å². The molecule has 7 heteroatoms. The van der Waals surface area contributed by atoms with Gasteiger partial charge in [-0.15, -0.1) is 0 Å². The Morgan fingerprint density at radius 2 is 2.05 bits per heavy atom. The van der Waals surface area contributed by atoms with E-state index in [4.69, 9.17) is 23.2 Å². The summed E-state index contributed by atoms with van der Waals surface area (Å²) in [5.74, 6) is -0.0345. The van der Waals surface area contributed by atoms with E-state index in [1.54, 1.807) is 0 Å². The molecule has 0 heterocycles. The lowest BCUT2D eigenvalue weighted by molar-refractivity contribution is 0.134. The van der Waals surface area contributed by atoms with E-state index in [2.05, 4.69) is 4.72 Å². The second-order valence-corrected chi connectivity index (χ2v) is 7.18. The molecule has 1 aromatic carbocycles. The van der Waals surface area contributed by atoms with Crippen molar-refractivity contribution in [1.82, 2.24) is 4.72 Å². The minimum atomic E-state index is -3.70. The molecule has 1 fully saturated rings. The van der Waals surface area contributed by atoms with Crippen molar-refractivity contribution in [2.45, 2.75) is 30.3 Å². The smallest absolute Gasteiger partial charge is 0.242 e. The van der Waals surface area contributed by atoms with E-state index in [0.717, 1.165) is 19.3 Å². The van der Waals surface area contributed by atoms with Crippen LogP contribution < -0.4 is 4.72 Å². The largest absolute Gasteiger partial charge is 0.393 e. The van der Waals surface area contributed by atoms with Gasteiger partial charge in [-0.05, 0) is 30.9 Å². The number of aliphatic hydroxyl groups excluding tert-OH is 1. The van der Waals surface area contributed by atoms with Gasteiger partial charge in [0, 0.05) is 6.54 Å². The Hall–Kier alpha value is -0.330. The van der Waals surface area contributed by atoms with Gasteiger partial charge in [0.1, 0.15) is 4.90 Å². The minimum absolute atomic E-state index is 0.0173. The summed E-state index contributed by atoms with van der Waals surface area (Å²) in [5.41, 5.74) is 0. The molecule has 1 aliphatic carbocycles. The molecule has 106 valence electrons. The molecule has 0 spiro atoms. The first-order chi connectivity index (χ1) is 8.92. The van der Waals surface area contributed by atoms with E-state index >= 15 is 0 Å². The van der Waals surface area contributed by atoms with Gasteiger partial charge < -0.3 is 5.11 Å². The first-order valence-electron chi connectivity index (χ1n) is 6.03. The molecule has 2 N–H and O–H groups in total. The maximum atomic E-state index is 12.1. The normalized spacial score (nSPS) is 23.7. The lowest BCUT2D eigenvalue weighted by Crippen LogP contribution is -2.32. The van der Waals surface area contributed by atoms with Crippen molar-refractivity contribution >= 4 is 33.2 Å². The van der Waals surface area contributed by atoms with Crippen molar-refractivity contribution in [3.8, 4) is 0 Å². The molecule has 2 rings (SSSR count). The van der Waals surface area contributed by atoms with Crippen LogP contribution in [0, 0.1) is 5.92 Å². The highest BCUT2D eigenvalue weighted by molar-refractivity contribution is 7.89. The van der Waals surface area contributed by atoms with Crippen LogP contribution in [-0.2, 0) is 10.0 Å². The Kier molecular flexibility index (Phi) is 4.74. The molecule has 1 saturated carbocycles. The molecule has 1 aliphatic rings. The Morgan fingerprint density at radius 1 is 1.32 bits per heavy atom. The maximum Gasteiger partial charge on any atom is 0.242 e. The van der Waals surface area contributed by atoms with Crippen LogP contribution in [0.4, 0.5) is 0 Å². The zero-order valence-electron chi connectivity index (χ0n) is 10.1. The van der Waals surface area contributed by atoms with Crippen LogP contribution in [0.5, 0.6) is 0 Å². The number of aliphatic hydroxyl groups is 1. The van der Waals surface area contributed by atoms with Gasteiger partial charge in [0.2, 0.25) is 10.0 Å². The molecule has 4 nitrogen and oxygen atoms in total. The molecular weight excluding hydrogens is 309 g/mol. The van der Waals surface area contributed by atoms with Crippen molar-refractivity contribution in [2.24, 2.45) is 5.92 Å². The highest BCUT2D eigenvalue weighted by Gasteiger charge is 2.27. The molecule has 0 aromatic heterocycles. The molecule has 2 atom stereocenters. The van der Waals surface area contributed by atoms with Gasteiger partial charge in [0.25, 0.3) is 0 Å². The van der Waals surface area contributed by atoms with Crippen LogP contribution >= 0.6 is 23.2 Å². The Morgan fingerprint density at radius 3 is 2.68 bits per heavy atom. The lowest BCUT2D eigenvalue weighted by atomic mass is 10.1. The van der Waals surface area contributed by atoms with Gasteiger partial charge in [-0.25, -0.2) is 13.1 Å². The molecule has 2 unspecified atom stereocenters. The van der Waals surface area contributed by atoms with Gasteiger partial charge in [0.05, 0.1) is 16.1 Å². The summed E-state index contributed by atoms with van der Waals surface area (Å²) in [5, 5.41) is 9.89. The lowest BCUT2D eigenvalue weighted by Gasteiger charge is -2.15. The third-order valence-corrected chi connectivity index (χ3v) is 5.76. The first-order valence-corrected chi connectivity index (χ1v) is 8.27. The third kappa shape index (κ3) is 3.41. The fourth-order valence-corrected chi connectivity index (χ4v) is 4.10. The zero-order valence-corrected chi connectivity index (χ0v) is 12.5. The van der Waals surface area contributed by atoms with Crippen molar-refractivity contribution in [2.75, 3.05) is 6.54 Å². The predicted octanol–water partition coefficient (Wildman–Crippen LogP) is 2.43. The number of hydrogen-bond donors (Lipinski definition) is 2. The molecule has 0 bridgehead atoms. The van der Waals surface area contributed by atoms with Gasteiger partial charge in [0.15, 0.2) is 0 Å². The van der Waals surface area contributed by atoms with Crippen molar-refractivity contribution in [3.05, 3.63) is 28.2 Å². The monoisotopic (exact) mass is 323 g/mol. The molecule has 0 radical (unpaired) electrons. The highest BCUT2D eigenvalue weighted by atomic mass is 35.5. The van der Waals surface area contributed by atoms with E-state index in [0.29, 0.717) is 0 Å². The van der Waals surface area contributed by atoms with Crippen molar-refractivity contribution < 1.29 is 13.5 Å². The summed E-state index contributed by atoms with van der Waals surface area (Å²) < 4.78 is 26.8. The average Bonchev–Trinajstić information content (AvgIpc) is 2.76. The number of rotatable bonds is 4. The Balaban J connectivity index is 2.12. The quantitative estimate of drug-likeness (QED) is 0.894. The van der Waals surface area contributed by atoms with E-state index in [1.807, 2.05) is 0 Å². The first kappa shape index (κ1) is 15.1. The van der Waals surface area contributed by atoms with Gasteiger partial charge in [-0.1, -0.05) is 35.7 Å². The van der Waals surface area contributed by atoms with Crippen LogP contribution in [-0.4, -0.2) is 26.2 Å². The number of nitrogens with one attached hydrogen (secondary N) is 1. The van der Waals surface area contributed by atoms with Crippen LogP contribution in [0.15, 0.2) is 23.1 Å². The molecule has 19 heavy (non-hydrogen) atoms. The standard InChI is InChI=1S/C12H15Cl2NO3S/c13-9-4-2-6-11(12(9)14)19(17,18)15-7-8-3-1-5-10(8)16/h2,4,6,8,10,15-16H,1,3,5,7H2. The maximum absolute atomic E-state index is 12.1. The fourth-order valence-electron chi connectivity index (χ4n) is 2.24. The Bertz CT molecular complexity index is 562. The SMILES string of the molecule is O=S(=O)(NCC1CCCC1O)c1cccc(Cl)c1Cl. The van der Waals surface area contributed by atoms with E-state index in [1.165, 1.54) is 18.2 Å². The number of sulfonamides is 1. The van der Waals surface area contributed by atoms with Crippen LogP contribution in [0.2, 0.25) is 10.0 Å². The number of hydrogen-bond acceptors (Lipinski definition) is 3.